The number of carbonyl (C=O) groups excluding carboxylic acids is 3. The molecule has 1 saturated heterocycles. The molecule has 2 unspecified atom stereocenters. The van der Waals surface area contributed by atoms with Crippen molar-refractivity contribution in [1.82, 2.24) is 10.2 Å². The molecule has 2 N–H and O–H groups in total. The van der Waals surface area contributed by atoms with Gasteiger partial charge in [0.1, 0.15) is 0 Å². The van der Waals surface area contributed by atoms with Gasteiger partial charge in [0.25, 0.3) is 0 Å². The number of anilines is 1. The van der Waals surface area contributed by atoms with Crippen molar-refractivity contribution in [1.29, 1.82) is 0 Å². The van der Waals surface area contributed by atoms with Gasteiger partial charge in [-0.1, -0.05) is 42.5 Å². The Morgan fingerprint density at radius 2 is 1.85 bits per heavy atom. The van der Waals surface area contributed by atoms with Crippen LogP contribution in [0, 0.1) is 0 Å². The molecular weight excluding hydrogens is 342 g/mol. The summed E-state index contributed by atoms with van der Waals surface area (Å²) >= 11 is 0. The summed E-state index contributed by atoms with van der Waals surface area (Å²) < 4.78 is 0. The number of hydrogen-bond acceptors (Lipinski definition) is 3. The predicted octanol–water partition coefficient (Wildman–Crippen LogP) is 3.37. The molecule has 6 nitrogen and oxygen atoms in total. The zero-order chi connectivity index (χ0) is 19.4. The number of carbonyl (C=O) groups is 3. The maximum atomic E-state index is 12.4. The van der Waals surface area contributed by atoms with E-state index in [9.17, 15) is 14.4 Å². The van der Waals surface area contributed by atoms with Gasteiger partial charge >= 0.3 is 6.03 Å². The number of amides is 3. The highest BCUT2D eigenvalue weighted by atomic mass is 16.2. The van der Waals surface area contributed by atoms with Crippen molar-refractivity contribution in [3.8, 4) is 0 Å². The van der Waals surface area contributed by atoms with E-state index >= 15 is 0 Å². The van der Waals surface area contributed by atoms with Crippen LogP contribution in [0.25, 0.3) is 0 Å². The normalized spacial score (nSPS) is 17.5. The van der Waals surface area contributed by atoms with Crippen LogP contribution in [0.15, 0.2) is 54.6 Å². The Balaban J connectivity index is 1.59. The third-order valence-electron chi connectivity index (χ3n) is 4.77. The number of benzene rings is 2. The number of ketones is 1. The summed E-state index contributed by atoms with van der Waals surface area (Å²) in [5.74, 6) is -0.0405. The van der Waals surface area contributed by atoms with Crippen LogP contribution < -0.4 is 10.6 Å². The summed E-state index contributed by atoms with van der Waals surface area (Å²) in [7, 11) is 0. The van der Waals surface area contributed by atoms with Crippen molar-refractivity contribution in [3.05, 3.63) is 65.7 Å². The fraction of sp³-hybridized carbons (Fsp3) is 0.286. The van der Waals surface area contributed by atoms with Crippen LogP contribution in [0.4, 0.5) is 10.5 Å². The molecule has 140 valence electrons. The third-order valence-corrected chi connectivity index (χ3v) is 4.77. The lowest BCUT2D eigenvalue weighted by Crippen LogP contribution is -2.40. The topological polar surface area (TPSA) is 78.5 Å². The van der Waals surface area contributed by atoms with Crippen LogP contribution in [0.3, 0.4) is 0 Å². The molecule has 1 heterocycles. The molecule has 1 aliphatic rings. The van der Waals surface area contributed by atoms with Gasteiger partial charge in [-0.3, -0.25) is 9.59 Å². The molecule has 1 aliphatic heterocycles. The highest BCUT2D eigenvalue weighted by molar-refractivity contribution is 5.97. The molecule has 6 heteroatoms. The maximum Gasteiger partial charge on any atom is 0.319 e. The van der Waals surface area contributed by atoms with E-state index in [1.807, 2.05) is 37.3 Å². The van der Waals surface area contributed by atoms with Gasteiger partial charge in [0.05, 0.1) is 12.1 Å². The molecule has 27 heavy (non-hydrogen) atoms. The van der Waals surface area contributed by atoms with Gasteiger partial charge in [0.2, 0.25) is 5.91 Å². The second kappa shape index (κ2) is 8.03. The Hall–Kier alpha value is -3.15. The van der Waals surface area contributed by atoms with Gasteiger partial charge in [-0.15, -0.1) is 0 Å². The van der Waals surface area contributed by atoms with Crippen LogP contribution in [0.2, 0.25) is 0 Å². The van der Waals surface area contributed by atoms with E-state index in [4.69, 9.17) is 0 Å². The van der Waals surface area contributed by atoms with Crippen LogP contribution in [-0.2, 0) is 4.79 Å². The molecule has 0 radical (unpaired) electrons. The number of urea groups is 1. The predicted molar refractivity (Wildman–Crippen MR) is 104 cm³/mol. The van der Waals surface area contributed by atoms with Crippen LogP contribution in [0.5, 0.6) is 0 Å². The number of Topliss-reactive ketones (excluding diaryl/α,β-unsaturated/α-hetero) is 1. The largest absolute Gasteiger partial charge is 0.334 e. The van der Waals surface area contributed by atoms with Gasteiger partial charge in [0.15, 0.2) is 5.78 Å². The monoisotopic (exact) mass is 365 g/mol. The van der Waals surface area contributed by atoms with Gasteiger partial charge in [0, 0.05) is 24.2 Å². The first kappa shape index (κ1) is 18.6. The molecule has 0 aromatic heterocycles. The zero-order valence-corrected chi connectivity index (χ0v) is 15.4. The number of nitrogens with zero attached hydrogens (tertiary/aromatic N) is 1. The minimum Gasteiger partial charge on any atom is -0.334 e. The van der Waals surface area contributed by atoms with Crippen LogP contribution >= 0.6 is 0 Å². The quantitative estimate of drug-likeness (QED) is 0.798. The van der Waals surface area contributed by atoms with Gasteiger partial charge < -0.3 is 15.5 Å². The van der Waals surface area contributed by atoms with Crippen LogP contribution in [0.1, 0.15) is 42.2 Å². The van der Waals surface area contributed by atoms with E-state index in [-0.39, 0.29) is 36.2 Å². The van der Waals surface area contributed by atoms with Crippen molar-refractivity contribution in [2.75, 3.05) is 11.9 Å². The van der Waals surface area contributed by atoms with E-state index in [1.165, 1.54) is 6.92 Å². The second-order valence-corrected chi connectivity index (χ2v) is 6.77. The summed E-state index contributed by atoms with van der Waals surface area (Å²) in [6.07, 6.45) is 0.276. The molecule has 2 aromatic carbocycles. The van der Waals surface area contributed by atoms with Gasteiger partial charge in [-0.05, 0) is 31.5 Å². The smallest absolute Gasteiger partial charge is 0.319 e. The molecule has 3 amide bonds. The van der Waals surface area contributed by atoms with E-state index in [2.05, 4.69) is 10.6 Å². The maximum absolute atomic E-state index is 12.4. The minimum atomic E-state index is -0.386. The zero-order valence-electron chi connectivity index (χ0n) is 15.4. The van der Waals surface area contributed by atoms with Crippen molar-refractivity contribution in [3.63, 3.8) is 0 Å². The molecule has 2 aromatic rings. The fourth-order valence-electron chi connectivity index (χ4n) is 3.28. The van der Waals surface area contributed by atoms with Gasteiger partial charge in [-0.2, -0.15) is 0 Å². The Morgan fingerprint density at radius 3 is 2.56 bits per heavy atom. The van der Waals surface area contributed by atoms with Crippen molar-refractivity contribution in [2.24, 2.45) is 0 Å². The molecule has 2 atom stereocenters. The molecule has 1 fully saturated rings. The molecule has 0 bridgehead atoms. The molecule has 3 rings (SSSR count). The Kier molecular flexibility index (Phi) is 5.54. The fourth-order valence-corrected chi connectivity index (χ4v) is 3.28. The Morgan fingerprint density at radius 1 is 1.11 bits per heavy atom. The lowest BCUT2D eigenvalue weighted by Gasteiger charge is -2.25. The first-order valence-electron chi connectivity index (χ1n) is 8.97. The molecule has 0 spiro atoms. The Bertz CT molecular complexity index is 851. The van der Waals surface area contributed by atoms with Gasteiger partial charge in [-0.25, -0.2) is 4.79 Å². The molecular formula is C21H23N3O3. The first-order chi connectivity index (χ1) is 12.9. The number of rotatable bonds is 5. The number of nitrogens with one attached hydrogen (secondary N) is 2. The highest BCUT2D eigenvalue weighted by Gasteiger charge is 2.33. The van der Waals surface area contributed by atoms with Crippen molar-refractivity contribution >= 4 is 23.4 Å². The minimum absolute atomic E-state index is 0.0234. The summed E-state index contributed by atoms with van der Waals surface area (Å²) in [4.78, 5) is 37.9. The van der Waals surface area contributed by atoms with E-state index in [0.717, 1.165) is 5.56 Å². The molecule has 0 saturated carbocycles. The summed E-state index contributed by atoms with van der Waals surface area (Å²) in [5, 5.41) is 5.57. The lowest BCUT2D eigenvalue weighted by atomic mass is 10.1. The van der Waals surface area contributed by atoms with Crippen LogP contribution in [-0.4, -0.2) is 35.2 Å². The SMILES string of the molecule is CC(=O)c1cccc(NC(=O)NC2CC(=O)N(C(C)c3ccccc3)C2)c1. The van der Waals surface area contributed by atoms with Crippen molar-refractivity contribution in [2.45, 2.75) is 32.4 Å². The standard InChI is InChI=1S/C21H23N3O3/c1-14(16-7-4-3-5-8-16)24-13-19(12-20(24)26)23-21(27)22-18-10-6-9-17(11-18)15(2)25/h3-11,14,19H,12-13H2,1-2H3,(H2,22,23,27). The van der Waals surface area contributed by atoms with E-state index in [1.54, 1.807) is 29.2 Å². The van der Waals surface area contributed by atoms with Crippen molar-refractivity contribution < 1.29 is 14.4 Å². The average Bonchev–Trinajstić information content (AvgIpc) is 3.01. The first-order valence-corrected chi connectivity index (χ1v) is 8.97. The number of hydrogen-bond donors (Lipinski definition) is 2. The second-order valence-electron chi connectivity index (χ2n) is 6.77. The Labute approximate surface area is 158 Å². The molecule has 0 aliphatic carbocycles. The number of likely N-dealkylation sites (tertiary alicyclic amines) is 1. The summed E-state index contributed by atoms with van der Waals surface area (Å²) in [6, 6.07) is 15.9. The van der Waals surface area contributed by atoms with E-state index < -0.39 is 0 Å². The average molecular weight is 365 g/mol. The summed E-state index contributed by atoms with van der Waals surface area (Å²) in [5.41, 5.74) is 2.14. The lowest BCUT2D eigenvalue weighted by molar-refractivity contribution is -0.129. The third kappa shape index (κ3) is 4.53. The highest BCUT2D eigenvalue weighted by Crippen LogP contribution is 2.25. The summed E-state index contributed by atoms with van der Waals surface area (Å²) in [6.45, 7) is 3.94. The van der Waals surface area contributed by atoms with E-state index in [0.29, 0.717) is 17.8 Å².